The molecule has 1 aromatic carbocycles. The summed E-state index contributed by atoms with van der Waals surface area (Å²) in [5.74, 6) is 1.54. The molecule has 1 fully saturated rings. The van der Waals surface area contributed by atoms with Gasteiger partial charge in [0.15, 0.2) is 0 Å². The number of sulfonamides is 1. The SMILES string of the molecule is COc1ccc(OC)c(S(=O)(=O)Nc2ccc(N3CCCC3)nc2)c1. The van der Waals surface area contributed by atoms with Gasteiger partial charge in [-0.05, 0) is 37.1 Å². The molecule has 1 aliphatic heterocycles. The second-order valence-electron chi connectivity index (χ2n) is 5.72. The van der Waals surface area contributed by atoms with Crippen LogP contribution in [0.15, 0.2) is 41.4 Å². The van der Waals surface area contributed by atoms with Crippen molar-refractivity contribution in [3.05, 3.63) is 36.5 Å². The molecule has 0 radical (unpaired) electrons. The first-order valence-electron chi connectivity index (χ1n) is 7.99. The molecule has 2 aromatic rings. The van der Waals surface area contributed by atoms with Gasteiger partial charge in [0.05, 0.1) is 26.1 Å². The Kier molecular flexibility index (Phi) is 4.98. The summed E-state index contributed by atoms with van der Waals surface area (Å²) in [4.78, 5) is 6.55. The number of methoxy groups -OCH3 is 2. The Labute approximate surface area is 147 Å². The summed E-state index contributed by atoms with van der Waals surface area (Å²) < 4.78 is 38.2. The zero-order chi connectivity index (χ0) is 17.9. The largest absolute Gasteiger partial charge is 0.497 e. The van der Waals surface area contributed by atoms with Crippen LogP contribution < -0.4 is 19.1 Å². The van der Waals surface area contributed by atoms with Crippen molar-refractivity contribution in [2.45, 2.75) is 17.7 Å². The summed E-state index contributed by atoms with van der Waals surface area (Å²) in [6.07, 6.45) is 3.84. The highest BCUT2D eigenvalue weighted by atomic mass is 32.2. The minimum absolute atomic E-state index is 0.0120. The van der Waals surface area contributed by atoms with E-state index in [0.717, 1.165) is 31.7 Å². The molecule has 0 atom stereocenters. The highest BCUT2D eigenvalue weighted by molar-refractivity contribution is 7.92. The van der Waals surface area contributed by atoms with Crippen molar-refractivity contribution in [2.75, 3.05) is 36.9 Å². The van der Waals surface area contributed by atoms with Crippen LogP contribution in [0.3, 0.4) is 0 Å². The predicted octanol–water partition coefficient (Wildman–Crippen LogP) is 2.50. The number of ether oxygens (including phenoxy) is 2. The number of hydrogen-bond donors (Lipinski definition) is 1. The fourth-order valence-electron chi connectivity index (χ4n) is 2.78. The summed E-state index contributed by atoms with van der Waals surface area (Å²) in [7, 11) is -0.927. The number of pyridine rings is 1. The van der Waals surface area contributed by atoms with Gasteiger partial charge < -0.3 is 14.4 Å². The lowest BCUT2D eigenvalue weighted by molar-refractivity contribution is 0.392. The Morgan fingerprint density at radius 3 is 2.44 bits per heavy atom. The number of rotatable bonds is 6. The fourth-order valence-corrected chi connectivity index (χ4v) is 4.01. The summed E-state index contributed by atoms with van der Waals surface area (Å²) in [6.45, 7) is 1.97. The second kappa shape index (κ2) is 7.18. The molecule has 1 aliphatic rings. The lowest BCUT2D eigenvalue weighted by Crippen LogP contribution is -2.19. The van der Waals surface area contributed by atoms with E-state index in [9.17, 15) is 8.42 Å². The molecule has 134 valence electrons. The first-order chi connectivity index (χ1) is 12.0. The molecular weight excluding hydrogens is 342 g/mol. The molecular formula is C17H21N3O4S. The monoisotopic (exact) mass is 363 g/mol. The summed E-state index contributed by atoms with van der Waals surface area (Å²) >= 11 is 0. The highest BCUT2D eigenvalue weighted by Crippen LogP contribution is 2.30. The maximum absolute atomic E-state index is 12.7. The van der Waals surface area contributed by atoms with Crippen LogP contribution in [0.1, 0.15) is 12.8 Å². The smallest absolute Gasteiger partial charge is 0.265 e. The molecule has 0 amide bonds. The zero-order valence-electron chi connectivity index (χ0n) is 14.2. The number of benzene rings is 1. The van der Waals surface area contributed by atoms with Crippen molar-refractivity contribution in [1.29, 1.82) is 0 Å². The molecule has 0 saturated carbocycles. The van der Waals surface area contributed by atoms with E-state index in [1.54, 1.807) is 18.2 Å². The van der Waals surface area contributed by atoms with E-state index >= 15 is 0 Å². The van der Waals surface area contributed by atoms with E-state index in [1.807, 2.05) is 6.07 Å². The molecule has 0 aliphatic carbocycles. The molecule has 1 N–H and O–H groups in total. The van der Waals surface area contributed by atoms with Crippen molar-refractivity contribution in [3.63, 3.8) is 0 Å². The average molecular weight is 363 g/mol. The van der Waals surface area contributed by atoms with Crippen LogP contribution in [-0.4, -0.2) is 40.7 Å². The molecule has 0 unspecified atom stereocenters. The number of hydrogen-bond acceptors (Lipinski definition) is 6. The molecule has 1 saturated heterocycles. The summed E-state index contributed by atoms with van der Waals surface area (Å²) in [5, 5.41) is 0. The van der Waals surface area contributed by atoms with Gasteiger partial charge in [0.25, 0.3) is 10.0 Å². The van der Waals surface area contributed by atoms with Gasteiger partial charge in [0.1, 0.15) is 22.2 Å². The molecule has 2 heterocycles. The Morgan fingerprint density at radius 1 is 1.08 bits per heavy atom. The van der Waals surface area contributed by atoms with Crippen LogP contribution >= 0.6 is 0 Å². The summed E-state index contributed by atoms with van der Waals surface area (Å²) in [6, 6.07) is 8.16. The average Bonchev–Trinajstić information content (AvgIpc) is 3.16. The number of aromatic nitrogens is 1. The van der Waals surface area contributed by atoms with Gasteiger partial charge in [-0.25, -0.2) is 13.4 Å². The summed E-state index contributed by atoms with van der Waals surface area (Å²) in [5.41, 5.74) is 0.396. The first kappa shape index (κ1) is 17.3. The minimum Gasteiger partial charge on any atom is -0.497 e. The van der Waals surface area contributed by atoms with E-state index in [4.69, 9.17) is 9.47 Å². The lowest BCUT2D eigenvalue weighted by atomic mass is 10.3. The number of nitrogens with zero attached hydrogens (tertiary/aromatic N) is 2. The Bertz CT molecular complexity index is 831. The van der Waals surface area contributed by atoms with Crippen LogP contribution in [-0.2, 0) is 10.0 Å². The van der Waals surface area contributed by atoms with Crippen molar-refractivity contribution < 1.29 is 17.9 Å². The van der Waals surface area contributed by atoms with E-state index < -0.39 is 10.0 Å². The molecule has 8 heteroatoms. The zero-order valence-corrected chi connectivity index (χ0v) is 15.0. The van der Waals surface area contributed by atoms with Gasteiger partial charge in [0.2, 0.25) is 0 Å². The molecule has 25 heavy (non-hydrogen) atoms. The van der Waals surface area contributed by atoms with Crippen LogP contribution in [0.25, 0.3) is 0 Å². The topological polar surface area (TPSA) is 80.8 Å². The fraction of sp³-hybridized carbons (Fsp3) is 0.353. The van der Waals surface area contributed by atoms with E-state index in [-0.39, 0.29) is 10.6 Å². The van der Waals surface area contributed by atoms with Crippen molar-refractivity contribution >= 4 is 21.5 Å². The van der Waals surface area contributed by atoms with Crippen LogP contribution in [0, 0.1) is 0 Å². The van der Waals surface area contributed by atoms with Crippen molar-refractivity contribution in [3.8, 4) is 11.5 Å². The predicted molar refractivity (Wildman–Crippen MR) is 96.0 cm³/mol. The maximum atomic E-state index is 12.7. The third kappa shape index (κ3) is 3.79. The van der Waals surface area contributed by atoms with Gasteiger partial charge in [-0.2, -0.15) is 0 Å². The van der Waals surface area contributed by atoms with E-state index in [2.05, 4.69) is 14.6 Å². The normalized spacial score (nSPS) is 14.4. The van der Waals surface area contributed by atoms with Crippen molar-refractivity contribution in [1.82, 2.24) is 4.98 Å². The third-order valence-corrected chi connectivity index (χ3v) is 5.49. The van der Waals surface area contributed by atoms with Gasteiger partial charge in [-0.3, -0.25) is 4.72 Å². The van der Waals surface area contributed by atoms with Crippen LogP contribution in [0.2, 0.25) is 0 Å². The molecule has 0 spiro atoms. The molecule has 3 rings (SSSR count). The molecule has 7 nitrogen and oxygen atoms in total. The quantitative estimate of drug-likeness (QED) is 0.849. The number of nitrogens with one attached hydrogen (secondary N) is 1. The van der Waals surface area contributed by atoms with E-state index in [0.29, 0.717) is 11.4 Å². The van der Waals surface area contributed by atoms with Gasteiger partial charge in [-0.15, -0.1) is 0 Å². The Balaban J connectivity index is 1.84. The van der Waals surface area contributed by atoms with Crippen LogP contribution in [0.5, 0.6) is 11.5 Å². The maximum Gasteiger partial charge on any atom is 0.265 e. The number of anilines is 2. The lowest BCUT2D eigenvalue weighted by Gasteiger charge is -2.17. The minimum atomic E-state index is -3.83. The van der Waals surface area contributed by atoms with E-state index in [1.165, 1.54) is 26.5 Å². The third-order valence-electron chi connectivity index (χ3n) is 4.09. The molecule has 0 bridgehead atoms. The first-order valence-corrected chi connectivity index (χ1v) is 9.47. The van der Waals surface area contributed by atoms with Gasteiger partial charge in [-0.1, -0.05) is 0 Å². The van der Waals surface area contributed by atoms with Gasteiger partial charge >= 0.3 is 0 Å². The van der Waals surface area contributed by atoms with Gasteiger partial charge in [0, 0.05) is 19.2 Å². The standard InChI is InChI=1S/C17H21N3O4S/c1-23-14-6-7-15(24-2)16(11-14)25(21,22)19-13-5-8-17(18-12-13)20-9-3-4-10-20/h5-8,11-12,19H,3-4,9-10H2,1-2H3. The second-order valence-corrected chi connectivity index (χ2v) is 7.37. The highest BCUT2D eigenvalue weighted by Gasteiger charge is 2.21. The van der Waals surface area contributed by atoms with Crippen LogP contribution in [0.4, 0.5) is 11.5 Å². The molecule has 1 aromatic heterocycles. The Hall–Kier alpha value is -2.48. The Morgan fingerprint density at radius 2 is 1.84 bits per heavy atom. The van der Waals surface area contributed by atoms with Crippen molar-refractivity contribution in [2.24, 2.45) is 0 Å².